The number of aliphatic hydroxyl groups is 1. The molecule has 2 rings (SSSR count). The van der Waals surface area contributed by atoms with Gasteiger partial charge in [-0.15, -0.1) is 5.10 Å². The molecule has 0 amide bonds. The summed E-state index contributed by atoms with van der Waals surface area (Å²) in [5.41, 5.74) is 6.54. The van der Waals surface area contributed by atoms with Crippen LogP contribution >= 0.6 is 0 Å². The predicted octanol–water partition coefficient (Wildman–Crippen LogP) is -0.187. The molecule has 0 bridgehead atoms. The number of hydrogen-bond acceptors (Lipinski definition) is 5. The van der Waals surface area contributed by atoms with Crippen LogP contribution in [0.15, 0.2) is 12.4 Å². The van der Waals surface area contributed by atoms with E-state index in [0.717, 1.165) is 5.56 Å². The molecule has 0 spiro atoms. The summed E-state index contributed by atoms with van der Waals surface area (Å²) in [6.45, 7) is 3.62. The highest BCUT2D eigenvalue weighted by molar-refractivity contribution is 5.27. The van der Waals surface area contributed by atoms with Crippen molar-refractivity contribution in [3.05, 3.63) is 23.8 Å². The number of nitrogens with two attached hydrogens (primary N) is 1. The van der Waals surface area contributed by atoms with Gasteiger partial charge < -0.3 is 10.8 Å². The molecule has 2 aromatic heterocycles. The molecule has 0 aliphatic rings. The standard InChI is InChI=1S/C9H13N5O/c1-5-3-11-9-12-8(7(15)6(2)10)13-14(9)4-5/h3-4,6-7,15H,10H2,1-2H3. The number of aromatic nitrogens is 4. The smallest absolute Gasteiger partial charge is 0.252 e. The van der Waals surface area contributed by atoms with Crippen LogP contribution in [0, 0.1) is 6.92 Å². The lowest BCUT2D eigenvalue weighted by Gasteiger charge is -2.08. The minimum atomic E-state index is -0.855. The molecular weight excluding hydrogens is 194 g/mol. The van der Waals surface area contributed by atoms with Gasteiger partial charge in [0.2, 0.25) is 0 Å². The lowest BCUT2D eigenvalue weighted by Crippen LogP contribution is -2.25. The summed E-state index contributed by atoms with van der Waals surface area (Å²) in [7, 11) is 0. The summed E-state index contributed by atoms with van der Waals surface area (Å²) in [5.74, 6) is 0.776. The maximum atomic E-state index is 9.68. The topological polar surface area (TPSA) is 89.3 Å². The molecule has 3 N–H and O–H groups in total. The predicted molar refractivity (Wildman–Crippen MR) is 54.1 cm³/mol. The Bertz CT molecular complexity index is 478. The molecule has 0 radical (unpaired) electrons. The number of fused-ring (bicyclic) bond motifs is 1. The lowest BCUT2D eigenvalue weighted by molar-refractivity contribution is 0.144. The Morgan fingerprint density at radius 3 is 2.93 bits per heavy atom. The highest BCUT2D eigenvalue weighted by Gasteiger charge is 2.18. The zero-order chi connectivity index (χ0) is 11.0. The van der Waals surface area contributed by atoms with Gasteiger partial charge in [-0.3, -0.25) is 0 Å². The van der Waals surface area contributed by atoms with E-state index in [4.69, 9.17) is 5.73 Å². The average molecular weight is 207 g/mol. The van der Waals surface area contributed by atoms with Crippen LogP contribution in [0.5, 0.6) is 0 Å². The third-order valence-corrected chi connectivity index (χ3v) is 2.10. The first-order valence-electron chi connectivity index (χ1n) is 4.70. The van der Waals surface area contributed by atoms with Crippen molar-refractivity contribution < 1.29 is 5.11 Å². The van der Waals surface area contributed by atoms with E-state index in [-0.39, 0.29) is 0 Å². The van der Waals surface area contributed by atoms with E-state index in [1.807, 2.05) is 6.92 Å². The molecule has 0 aliphatic heterocycles. The van der Waals surface area contributed by atoms with Gasteiger partial charge in [0.25, 0.3) is 5.78 Å². The molecule has 6 heteroatoms. The second-order valence-corrected chi connectivity index (χ2v) is 3.65. The first-order chi connectivity index (χ1) is 7.08. The van der Waals surface area contributed by atoms with E-state index >= 15 is 0 Å². The second kappa shape index (κ2) is 3.56. The molecule has 0 saturated carbocycles. The van der Waals surface area contributed by atoms with Gasteiger partial charge in [0.1, 0.15) is 6.10 Å². The molecule has 15 heavy (non-hydrogen) atoms. The molecule has 2 atom stereocenters. The third kappa shape index (κ3) is 1.81. The van der Waals surface area contributed by atoms with Gasteiger partial charge >= 0.3 is 0 Å². The van der Waals surface area contributed by atoms with Crippen LogP contribution in [0.3, 0.4) is 0 Å². The van der Waals surface area contributed by atoms with Gasteiger partial charge in [-0.1, -0.05) is 0 Å². The first-order valence-corrected chi connectivity index (χ1v) is 4.70. The highest BCUT2D eigenvalue weighted by atomic mass is 16.3. The van der Waals surface area contributed by atoms with Crippen LogP contribution in [0.25, 0.3) is 5.78 Å². The monoisotopic (exact) mass is 207 g/mol. The molecule has 0 aliphatic carbocycles. The molecule has 6 nitrogen and oxygen atoms in total. The van der Waals surface area contributed by atoms with E-state index < -0.39 is 12.1 Å². The van der Waals surface area contributed by atoms with Crippen molar-refractivity contribution >= 4 is 5.78 Å². The second-order valence-electron chi connectivity index (χ2n) is 3.65. The number of aryl methyl sites for hydroxylation is 1. The number of aliphatic hydroxyl groups excluding tert-OH is 1. The molecule has 2 unspecified atom stereocenters. The van der Waals surface area contributed by atoms with E-state index in [1.54, 1.807) is 19.3 Å². The van der Waals surface area contributed by atoms with Crippen LogP contribution in [0.1, 0.15) is 24.4 Å². The van der Waals surface area contributed by atoms with Crippen LogP contribution in [0.4, 0.5) is 0 Å². The molecular formula is C9H13N5O. The van der Waals surface area contributed by atoms with Crippen molar-refractivity contribution in [2.45, 2.75) is 26.0 Å². The molecule has 0 fully saturated rings. The van der Waals surface area contributed by atoms with E-state index in [0.29, 0.717) is 11.6 Å². The molecule has 2 aromatic rings. The quantitative estimate of drug-likeness (QED) is 0.712. The van der Waals surface area contributed by atoms with Crippen molar-refractivity contribution in [3.63, 3.8) is 0 Å². The largest absolute Gasteiger partial charge is 0.383 e. The minimum Gasteiger partial charge on any atom is -0.383 e. The van der Waals surface area contributed by atoms with E-state index in [1.165, 1.54) is 4.52 Å². The van der Waals surface area contributed by atoms with Gasteiger partial charge in [0.15, 0.2) is 5.82 Å². The number of nitrogens with zero attached hydrogens (tertiary/aromatic N) is 4. The molecule has 0 saturated heterocycles. The fourth-order valence-electron chi connectivity index (χ4n) is 1.25. The van der Waals surface area contributed by atoms with Gasteiger partial charge in [-0.05, 0) is 19.4 Å². The maximum absolute atomic E-state index is 9.68. The van der Waals surface area contributed by atoms with Crippen LogP contribution < -0.4 is 5.73 Å². The van der Waals surface area contributed by atoms with Crippen LogP contribution in [-0.4, -0.2) is 30.7 Å². The Kier molecular flexibility index (Phi) is 2.37. The van der Waals surface area contributed by atoms with Gasteiger partial charge in [0.05, 0.1) is 0 Å². The Morgan fingerprint density at radius 1 is 1.53 bits per heavy atom. The van der Waals surface area contributed by atoms with Crippen molar-refractivity contribution in [1.82, 2.24) is 19.6 Å². The molecule has 0 aromatic carbocycles. The average Bonchev–Trinajstić information content (AvgIpc) is 2.58. The Morgan fingerprint density at radius 2 is 2.27 bits per heavy atom. The Labute approximate surface area is 86.8 Å². The van der Waals surface area contributed by atoms with Crippen molar-refractivity contribution in [2.75, 3.05) is 0 Å². The first kappa shape index (κ1) is 10.0. The van der Waals surface area contributed by atoms with Crippen LogP contribution in [0.2, 0.25) is 0 Å². The molecule has 80 valence electrons. The third-order valence-electron chi connectivity index (χ3n) is 2.10. The SMILES string of the molecule is Cc1cnc2nc(C(O)C(C)N)nn2c1. The Hall–Kier alpha value is -1.53. The zero-order valence-electron chi connectivity index (χ0n) is 8.62. The summed E-state index contributed by atoms with van der Waals surface area (Å²) in [6.07, 6.45) is 2.64. The Balaban J connectivity index is 2.47. The van der Waals surface area contributed by atoms with E-state index in [2.05, 4.69) is 15.1 Å². The van der Waals surface area contributed by atoms with Gasteiger partial charge in [-0.25, -0.2) is 9.50 Å². The van der Waals surface area contributed by atoms with Crippen molar-refractivity contribution in [1.29, 1.82) is 0 Å². The highest BCUT2D eigenvalue weighted by Crippen LogP contribution is 2.11. The lowest BCUT2D eigenvalue weighted by atomic mass is 10.2. The zero-order valence-corrected chi connectivity index (χ0v) is 8.62. The fraction of sp³-hybridized carbons (Fsp3) is 0.444. The summed E-state index contributed by atoms with van der Waals surface area (Å²) in [5, 5.41) is 13.8. The van der Waals surface area contributed by atoms with Crippen molar-refractivity contribution in [3.8, 4) is 0 Å². The minimum absolute atomic E-state index is 0.308. The van der Waals surface area contributed by atoms with Gasteiger partial charge in [0, 0.05) is 18.4 Å². The number of rotatable bonds is 2. The summed E-state index contributed by atoms with van der Waals surface area (Å²) >= 11 is 0. The van der Waals surface area contributed by atoms with Crippen molar-refractivity contribution in [2.24, 2.45) is 5.73 Å². The normalized spacial score (nSPS) is 15.5. The van der Waals surface area contributed by atoms with E-state index in [9.17, 15) is 5.11 Å². The number of hydrogen-bond donors (Lipinski definition) is 2. The summed E-state index contributed by atoms with van der Waals surface area (Å²) < 4.78 is 1.54. The summed E-state index contributed by atoms with van der Waals surface area (Å²) in [4.78, 5) is 8.17. The maximum Gasteiger partial charge on any atom is 0.252 e. The summed E-state index contributed by atoms with van der Waals surface area (Å²) in [6, 6.07) is -0.400. The van der Waals surface area contributed by atoms with Crippen LogP contribution in [-0.2, 0) is 0 Å². The molecule has 2 heterocycles. The fourth-order valence-corrected chi connectivity index (χ4v) is 1.25. The van der Waals surface area contributed by atoms with Gasteiger partial charge in [-0.2, -0.15) is 4.98 Å².